The molecule has 1 fully saturated rings. The van der Waals surface area contributed by atoms with Crippen LogP contribution in [0.5, 0.6) is 0 Å². The zero-order valence-corrected chi connectivity index (χ0v) is 10.8. The molecule has 4 heteroatoms. The van der Waals surface area contributed by atoms with Gasteiger partial charge in [0.2, 0.25) is 0 Å². The minimum Gasteiger partial charge on any atom is -0.381 e. The van der Waals surface area contributed by atoms with E-state index < -0.39 is 0 Å². The molecule has 1 rings (SSSR count). The molecule has 96 valence electrons. The first-order valence-corrected chi connectivity index (χ1v) is 6.51. The van der Waals surface area contributed by atoms with Crippen LogP contribution in [-0.4, -0.2) is 56.4 Å². The van der Waals surface area contributed by atoms with Crippen LogP contribution in [0.4, 0.5) is 0 Å². The summed E-state index contributed by atoms with van der Waals surface area (Å²) in [4.78, 5) is 2.43. The van der Waals surface area contributed by atoms with E-state index in [4.69, 9.17) is 10.5 Å². The molecule has 0 aromatic carbocycles. The standard InChI is InChI=1S/C12H27N3O/c1-3-15(4-2)8-7-14-12(11-13)5-9-16-10-6-12/h14H,3-11,13H2,1-2H3. The van der Waals surface area contributed by atoms with Crippen LogP contribution in [-0.2, 0) is 4.74 Å². The summed E-state index contributed by atoms with van der Waals surface area (Å²) in [5.74, 6) is 0. The van der Waals surface area contributed by atoms with Gasteiger partial charge in [0.1, 0.15) is 0 Å². The van der Waals surface area contributed by atoms with E-state index in [-0.39, 0.29) is 5.54 Å². The second kappa shape index (κ2) is 7.22. The monoisotopic (exact) mass is 229 g/mol. The van der Waals surface area contributed by atoms with Gasteiger partial charge in [-0.1, -0.05) is 13.8 Å². The molecule has 0 unspecified atom stereocenters. The minimum absolute atomic E-state index is 0.130. The molecular formula is C12H27N3O. The van der Waals surface area contributed by atoms with Gasteiger partial charge in [-0.2, -0.15) is 0 Å². The van der Waals surface area contributed by atoms with Gasteiger partial charge in [0.25, 0.3) is 0 Å². The van der Waals surface area contributed by atoms with Crippen molar-refractivity contribution in [2.45, 2.75) is 32.2 Å². The Labute approximate surface area is 99.5 Å². The summed E-state index contributed by atoms with van der Waals surface area (Å²) < 4.78 is 5.39. The Morgan fingerprint density at radius 3 is 2.38 bits per heavy atom. The average Bonchev–Trinajstić information content (AvgIpc) is 2.36. The molecule has 0 aliphatic carbocycles. The summed E-state index contributed by atoms with van der Waals surface area (Å²) in [6.07, 6.45) is 2.09. The van der Waals surface area contributed by atoms with Gasteiger partial charge >= 0.3 is 0 Å². The number of hydrogen-bond donors (Lipinski definition) is 2. The Bertz CT molecular complexity index is 177. The number of nitrogens with two attached hydrogens (primary N) is 1. The van der Waals surface area contributed by atoms with Crippen molar-refractivity contribution in [3.8, 4) is 0 Å². The Balaban J connectivity index is 2.27. The van der Waals surface area contributed by atoms with Crippen molar-refractivity contribution in [1.82, 2.24) is 10.2 Å². The van der Waals surface area contributed by atoms with Crippen LogP contribution in [0.25, 0.3) is 0 Å². The van der Waals surface area contributed by atoms with Crippen molar-refractivity contribution < 1.29 is 4.74 Å². The number of likely N-dealkylation sites (N-methyl/N-ethyl adjacent to an activating group) is 1. The Morgan fingerprint density at radius 2 is 1.88 bits per heavy atom. The largest absolute Gasteiger partial charge is 0.381 e. The molecule has 0 radical (unpaired) electrons. The van der Waals surface area contributed by atoms with Gasteiger partial charge in [-0.15, -0.1) is 0 Å². The lowest BCUT2D eigenvalue weighted by Crippen LogP contribution is -2.56. The molecule has 4 nitrogen and oxygen atoms in total. The lowest BCUT2D eigenvalue weighted by Gasteiger charge is -2.37. The van der Waals surface area contributed by atoms with Crippen LogP contribution in [0, 0.1) is 0 Å². The van der Waals surface area contributed by atoms with Gasteiger partial charge in [-0.3, -0.25) is 0 Å². The molecule has 0 aromatic rings. The second-order valence-electron chi connectivity index (χ2n) is 4.55. The highest BCUT2D eigenvalue weighted by atomic mass is 16.5. The van der Waals surface area contributed by atoms with E-state index in [9.17, 15) is 0 Å². The summed E-state index contributed by atoms with van der Waals surface area (Å²) >= 11 is 0. The lowest BCUT2D eigenvalue weighted by atomic mass is 9.90. The predicted molar refractivity (Wildman–Crippen MR) is 67.6 cm³/mol. The molecule has 3 N–H and O–H groups in total. The molecule has 1 aliphatic rings. The van der Waals surface area contributed by atoms with Crippen molar-refractivity contribution in [1.29, 1.82) is 0 Å². The number of hydrogen-bond acceptors (Lipinski definition) is 4. The van der Waals surface area contributed by atoms with Gasteiger partial charge in [0, 0.05) is 38.4 Å². The first-order valence-electron chi connectivity index (χ1n) is 6.51. The molecule has 0 aromatic heterocycles. The fourth-order valence-electron chi connectivity index (χ4n) is 2.23. The van der Waals surface area contributed by atoms with Crippen molar-refractivity contribution in [2.24, 2.45) is 5.73 Å². The van der Waals surface area contributed by atoms with Crippen LogP contribution >= 0.6 is 0 Å². The van der Waals surface area contributed by atoms with Crippen LogP contribution in [0.2, 0.25) is 0 Å². The van der Waals surface area contributed by atoms with Gasteiger partial charge in [-0.05, 0) is 25.9 Å². The predicted octanol–water partition coefficient (Wildman–Crippen LogP) is 0.426. The Hall–Kier alpha value is -0.160. The summed E-state index contributed by atoms with van der Waals surface area (Å²) in [7, 11) is 0. The molecule has 1 heterocycles. The lowest BCUT2D eigenvalue weighted by molar-refractivity contribution is 0.0406. The first kappa shape index (κ1) is 13.9. The normalized spacial score (nSPS) is 20.2. The third-order valence-corrected chi connectivity index (χ3v) is 3.66. The second-order valence-corrected chi connectivity index (χ2v) is 4.55. The van der Waals surface area contributed by atoms with Gasteiger partial charge in [0.05, 0.1) is 0 Å². The van der Waals surface area contributed by atoms with E-state index >= 15 is 0 Å². The highest BCUT2D eigenvalue weighted by Gasteiger charge is 2.30. The fourth-order valence-corrected chi connectivity index (χ4v) is 2.23. The molecule has 0 atom stereocenters. The first-order chi connectivity index (χ1) is 7.76. The fraction of sp³-hybridized carbons (Fsp3) is 1.00. The highest BCUT2D eigenvalue weighted by Crippen LogP contribution is 2.18. The molecule has 1 aliphatic heterocycles. The zero-order chi connectivity index (χ0) is 11.9. The van der Waals surface area contributed by atoms with E-state index in [1.54, 1.807) is 0 Å². The third kappa shape index (κ3) is 4.01. The van der Waals surface area contributed by atoms with Gasteiger partial charge < -0.3 is 20.7 Å². The maximum absolute atomic E-state index is 5.89. The Kier molecular flexibility index (Phi) is 6.28. The number of rotatable bonds is 7. The maximum atomic E-state index is 5.89. The topological polar surface area (TPSA) is 50.5 Å². The van der Waals surface area contributed by atoms with Gasteiger partial charge in [-0.25, -0.2) is 0 Å². The van der Waals surface area contributed by atoms with Crippen molar-refractivity contribution in [3.63, 3.8) is 0 Å². The number of nitrogens with one attached hydrogen (secondary N) is 1. The van der Waals surface area contributed by atoms with Crippen LogP contribution in [0.15, 0.2) is 0 Å². The van der Waals surface area contributed by atoms with Crippen LogP contribution in [0.3, 0.4) is 0 Å². The van der Waals surface area contributed by atoms with E-state index in [0.717, 1.165) is 52.2 Å². The van der Waals surface area contributed by atoms with Crippen molar-refractivity contribution in [2.75, 3.05) is 45.9 Å². The summed E-state index contributed by atoms with van der Waals surface area (Å²) in [6, 6.07) is 0. The summed E-state index contributed by atoms with van der Waals surface area (Å²) in [5, 5.41) is 3.64. The number of ether oxygens (including phenoxy) is 1. The molecular weight excluding hydrogens is 202 g/mol. The number of nitrogens with zero attached hydrogens (tertiary/aromatic N) is 1. The van der Waals surface area contributed by atoms with Crippen molar-refractivity contribution >= 4 is 0 Å². The molecule has 0 saturated carbocycles. The molecule has 1 saturated heterocycles. The van der Waals surface area contributed by atoms with Crippen molar-refractivity contribution in [3.05, 3.63) is 0 Å². The third-order valence-electron chi connectivity index (χ3n) is 3.66. The maximum Gasteiger partial charge on any atom is 0.0484 e. The summed E-state index contributed by atoms with van der Waals surface area (Å²) in [6.45, 7) is 11.2. The average molecular weight is 229 g/mol. The van der Waals surface area contributed by atoms with E-state index in [1.165, 1.54) is 0 Å². The SMILES string of the molecule is CCN(CC)CCNC1(CN)CCOCC1. The quantitative estimate of drug-likeness (QED) is 0.664. The van der Waals surface area contributed by atoms with E-state index in [1.807, 2.05) is 0 Å². The molecule has 0 amide bonds. The van der Waals surface area contributed by atoms with Crippen LogP contribution < -0.4 is 11.1 Å². The smallest absolute Gasteiger partial charge is 0.0484 e. The molecule has 16 heavy (non-hydrogen) atoms. The molecule has 0 bridgehead atoms. The highest BCUT2D eigenvalue weighted by molar-refractivity contribution is 4.91. The molecule has 0 spiro atoms. The van der Waals surface area contributed by atoms with Gasteiger partial charge in [0.15, 0.2) is 0 Å². The minimum atomic E-state index is 0.130. The van der Waals surface area contributed by atoms with E-state index in [2.05, 4.69) is 24.1 Å². The zero-order valence-electron chi connectivity index (χ0n) is 10.8. The van der Waals surface area contributed by atoms with Crippen LogP contribution in [0.1, 0.15) is 26.7 Å². The van der Waals surface area contributed by atoms with E-state index in [0.29, 0.717) is 6.54 Å². The summed E-state index contributed by atoms with van der Waals surface area (Å²) in [5.41, 5.74) is 6.02. The Morgan fingerprint density at radius 1 is 1.25 bits per heavy atom.